The molecule has 1 saturated heterocycles. The van der Waals surface area contributed by atoms with Gasteiger partial charge in [0.25, 0.3) is 0 Å². The summed E-state index contributed by atoms with van der Waals surface area (Å²) in [7, 11) is 0. The molecule has 0 radical (unpaired) electrons. The lowest BCUT2D eigenvalue weighted by molar-refractivity contribution is 0.419. The maximum atomic E-state index is 4.30. The van der Waals surface area contributed by atoms with Gasteiger partial charge >= 0.3 is 0 Å². The zero-order chi connectivity index (χ0) is 8.39. The van der Waals surface area contributed by atoms with Gasteiger partial charge in [0, 0.05) is 0 Å². The smallest absolute Gasteiger partial charge is 0.104 e. The first-order valence-corrected chi connectivity index (χ1v) is 6.09. The van der Waals surface area contributed by atoms with Crippen LogP contribution in [0.4, 0.5) is 0 Å². The van der Waals surface area contributed by atoms with Gasteiger partial charge in [-0.15, -0.1) is 0 Å². The number of hydrogen-bond donors (Lipinski definition) is 0. The quantitative estimate of drug-likeness (QED) is 0.759. The molecular formula is C8H11BrN2S. The monoisotopic (exact) mass is 246 g/mol. The Morgan fingerprint density at radius 3 is 2.83 bits per heavy atom. The second-order valence-corrected chi connectivity index (χ2v) is 4.98. The molecule has 4 heteroatoms. The number of thioether (sulfide) groups is 1. The van der Waals surface area contributed by atoms with Crippen LogP contribution in [0.5, 0.6) is 0 Å². The molecule has 1 fully saturated rings. The second kappa shape index (κ2) is 3.83. The molecule has 0 aromatic carbocycles. The summed E-state index contributed by atoms with van der Waals surface area (Å²) in [5.41, 5.74) is 0. The lowest BCUT2D eigenvalue weighted by Gasteiger charge is -2.22. The molecule has 1 aromatic heterocycles. The van der Waals surface area contributed by atoms with Crippen LogP contribution >= 0.6 is 27.7 Å². The molecule has 0 bridgehead atoms. The molecule has 2 rings (SSSR count). The Morgan fingerprint density at radius 2 is 2.25 bits per heavy atom. The van der Waals surface area contributed by atoms with Crippen LogP contribution in [-0.2, 0) is 0 Å². The Labute approximate surface area is 84.8 Å². The first-order chi connectivity index (χ1) is 5.88. The summed E-state index contributed by atoms with van der Waals surface area (Å²) in [5.74, 6) is 2.55. The van der Waals surface area contributed by atoms with Crippen LogP contribution in [0.2, 0.25) is 0 Å². The summed E-state index contributed by atoms with van der Waals surface area (Å²) in [6.07, 6.45) is 4.36. The molecule has 0 spiro atoms. The Hall–Kier alpha value is 0.0400. The number of halogens is 1. The Kier molecular flexibility index (Phi) is 2.76. The van der Waals surface area contributed by atoms with Gasteiger partial charge in [0.1, 0.15) is 4.60 Å². The van der Waals surface area contributed by atoms with Gasteiger partial charge in [-0.1, -0.05) is 0 Å². The van der Waals surface area contributed by atoms with E-state index in [9.17, 15) is 0 Å². The highest BCUT2D eigenvalue weighted by atomic mass is 79.9. The predicted octanol–water partition coefficient (Wildman–Crippen LogP) is 2.71. The van der Waals surface area contributed by atoms with Gasteiger partial charge in [0.05, 0.1) is 12.2 Å². The minimum absolute atomic E-state index is 0.621. The molecule has 12 heavy (non-hydrogen) atoms. The van der Waals surface area contributed by atoms with Crippen molar-refractivity contribution >= 4 is 27.7 Å². The van der Waals surface area contributed by atoms with E-state index in [0.717, 1.165) is 4.60 Å². The third-order valence-corrected chi connectivity index (χ3v) is 3.84. The van der Waals surface area contributed by atoms with Crippen LogP contribution in [0, 0.1) is 0 Å². The van der Waals surface area contributed by atoms with E-state index in [0.29, 0.717) is 6.04 Å². The zero-order valence-electron chi connectivity index (χ0n) is 6.74. The summed E-state index contributed by atoms with van der Waals surface area (Å²) >= 11 is 5.54. The summed E-state index contributed by atoms with van der Waals surface area (Å²) in [5, 5.41) is 4.30. The van der Waals surface area contributed by atoms with Crippen LogP contribution in [0.25, 0.3) is 0 Å². The highest BCUT2D eigenvalue weighted by Gasteiger charge is 2.17. The predicted molar refractivity (Wildman–Crippen MR) is 55.5 cm³/mol. The highest BCUT2D eigenvalue weighted by molar-refractivity contribution is 9.10. The summed E-state index contributed by atoms with van der Waals surface area (Å²) in [6, 6.07) is 2.62. The minimum atomic E-state index is 0.621. The third-order valence-electron chi connectivity index (χ3n) is 2.16. The van der Waals surface area contributed by atoms with Crippen molar-refractivity contribution in [2.75, 3.05) is 11.5 Å². The maximum Gasteiger partial charge on any atom is 0.104 e. The molecular weight excluding hydrogens is 236 g/mol. The zero-order valence-corrected chi connectivity index (χ0v) is 9.14. The van der Waals surface area contributed by atoms with Crippen molar-refractivity contribution in [3.63, 3.8) is 0 Å². The van der Waals surface area contributed by atoms with E-state index in [-0.39, 0.29) is 0 Å². The molecule has 1 aliphatic rings. The van der Waals surface area contributed by atoms with Crippen molar-refractivity contribution in [1.29, 1.82) is 0 Å². The van der Waals surface area contributed by atoms with E-state index in [2.05, 4.69) is 25.7 Å². The third kappa shape index (κ3) is 1.69. The second-order valence-electron chi connectivity index (χ2n) is 2.94. The molecule has 66 valence electrons. The summed E-state index contributed by atoms with van der Waals surface area (Å²) < 4.78 is 3.21. The maximum absolute atomic E-state index is 4.30. The molecule has 0 amide bonds. The van der Waals surface area contributed by atoms with E-state index in [1.807, 2.05) is 24.0 Å². The molecule has 1 aromatic rings. The molecule has 1 aliphatic heterocycles. The van der Waals surface area contributed by atoms with E-state index >= 15 is 0 Å². The van der Waals surface area contributed by atoms with Gasteiger partial charge in [-0.3, -0.25) is 4.68 Å². The van der Waals surface area contributed by atoms with Gasteiger partial charge in [0.15, 0.2) is 0 Å². The van der Waals surface area contributed by atoms with Gasteiger partial charge < -0.3 is 0 Å². The number of aromatic nitrogens is 2. The van der Waals surface area contributed by atoms with Gasteiger partial charge in [-0.25, -0.2) is 0 Å². The molecule has 0 aliphatic carbocycles. The fourth-order valence-corrected chi connectivity index (χ4v) is 3.08. The van der Waals surface area contributed by atoms with Crippen molar-refractivity contribution in [3.8, 4) is 0 Å². The van der Waals surface area contributed by atoms with Crippen LogP contribution in [0.1, 0.15) is 18.9 Å². The standard InChI is InChI=1S/C8H11BrN2S/c9-8-1-4-10-11(8)7-2-5-12-6-3-7/h1,4,7H,2-3,5-6H2. The average molecular weight is 247 g/mol. The Morgan fingerprint density at radius 1 is 1.50 bits per heavy atom. The van der Waals surface area contributed by atoms with Crippen LogP contribution < -0.4 is 0 Å². The molecule has 0 N–H and O–H groups in total. The molecule has 2 heterocycles. The lowest BCUT2D eigenvalue weighted by Crippen LogP contribution is -2.16. The Balaban J connectivity index is 2.13. The van der Waals surface area contributed by atoms with Crippen LogP contribution in [-0.4, -0.2) is 21.3 Å². The fourth-order valence-electron chi connectivity index (χ4n) is 1.50. The van der Waals surface area contributed by atoms with Crippen LogP contribution in [0.3, 0.4) is 0 Å². The van der Waals surface area contributed by atoms with Gasteiger partial charge in [0.2, 0.25) is 0 Å². The van der Waals surface area contributed by atoms with Crippen molar-refractivity contribution in [1.82, 2.24) is 9.78 Å². The van der Waals surface area contributed by atoms with Gasteiger partial charge in [-0.2, -0.15) is 16.9 Å². The van der Waals surface area contributed by atoms with Gasteiger partial charge in [-0.05, 0) is 46.3 Å². The minimum Gasteiger partial charge on any atom is -0.255 e. The first kappa shape index (κ1) is 8.63. The normalized spacial score (nSPS) is 19.8. The Bertz CT molecular complexity index is 255. The summed E-state index contributed by atoms with van der Waals surface area (Å²) in [4.78, 5) is 0. The fraction of sp³-hybridized carbons (Fsp3) is 0.625. The lowest BCUT2D eigenvalue weighted by atomic mass is 10.2. The van der Waals surface area contributed by atoms with E-state index < -0.39 is 0 Å². The topological polar surface area (TPSA) is 17.8 Å². The summed E-state index contributed by atoms with van der Waals surface area (Å²) in [6.45, 7) is 0. The molecule has 0 unspecified atom stereocenters. The van der Waals surface area contributed by atoms with E-state index in [1.54, 1.807) is 0 Å². The largest absolute Gasteiger partial charge is 0.255 e. The van der Waals surface area contributed by atoms with Crippen LogP contribution in [0.15, 0.2) is 16.9 Å². The van der Waals surface area contributed by atoms with E-state index in [4.69, 9.17) is 0 Å². The number of nitrogens with zero attached hydrogens (tertiary/aromatic N) is 2. The number of hydrogen-bond acceptors (Lipinski definition) is 2. The first-order valence-electron chi connectivity index (χ1n) is 4.14. The van der Waals surface area contributed by atoms with E-state index in [1.165, 1.54) is 24.3 Å². The van der Waals surface area contributed by atoms with Crippen molar-refractivity contribution in [2.45, 2.75) is 18.9 Å². The van der Waals surface area contributed by atoms with Crippen molar-refractivity contribution in [2.24, 2.45) is 0 Å². The highest BCUT2D eigenvalue weighted by Crippen LogP contribution is 2.28. The van der Waals surface area contributed by atoms with Crippen molar-refractivity contribution < 1.29 is 0 Å². The number of rotatable bonds is 1. The molecule has 0 atom stereocenters. The molecule has 2 nitrogen and oxygen atoms in total. The molecule has 0 saturated carbocycles. The average Bonchev–Trinajstić information content (AvgIpc) is 2.53. The van der Waals surface area contributed by atoms with Crippen molar-refractivity contribution in [3.05, 3.63) is 16.9 Å². The SMILES string of the molecule is Brc1ccnn1C1CCSCC1.